The van der Waals surface area contributed by atoms with Crippen molar-refractivity contribution in [2.75, 3.05) is 33.2 Å². The number of carbonyl (C=O) groups excluding carboxylic acids is 1. The monoisotopic (exact) mass is 341 g/mol. The van der Waals surface area contributed by atoms with Crippen molar-refractivity contribution in [3.63, 3.8) is 0 Å². The molecular formula is C15H33Cl2N3O. The van der Waals surface area contributed by atoms with E-state index in [1.54, 1.807) is 0 Å². The van der Waals surface area contributed by atoms with E-state index >= 15 is 0 Å². The molecule has 4 nitrogen and oxygen atoms in total. The van der Waals surface area contributed by atoms with Gasteiger partial charge in [-0.1, -0.05) is 13.8 Å². The fourth-order valence-corrected chi connectivity index (χ4v) is 2.57. The van der Waals surface area contributed by atoms with E-state index in [1.807, 2.05) is 20.9 Å². The Morgan fingerprint density at radius 3 is 2.48 bits per heavy atom. The fourth-order valence-electron chi connectivity index (χ4n) is 2.57. The van der Waals surface area contributed by atoms with E-state index in [1.165, 1.54) is 25.9 Å². The molecule has 1 unspecified atom stereocenters. The number of nitrogens with one attached hydrogen (secondary N) is 2. The van der Waals surface area contributed by atoms with Crippen molar-refractivity contribution in [1.29, 1.82) is 0 Å². The van der Waals surface area contributed by atoms with Crippen molar-refractivity contribution in [3.8, 4) is 0 Å². The minimum Gasteiger partial charge on any atom is -0.354 e. The van der Waals surface area contributed by atoms with Crippen LogP contribution in [-0.2, 0) is 4.79 Å². The minimum absolute atomic E-state index is 0. The first-order chi connectivity index (χ1) is 8.85. The Labute approximate surface area is 142 Å². The Kier molecular flexibility index (Phi) is 11.8. The second-order valence-electron chi connectivity index (χ2n) is 6.75. The summed E-state index contributed by atoms with van der Waals surface area (Å²) in [7, 11) is 1.82. The summed E-state index contributed by atoms with van der Waals surface area (Å²) in [5.74, 6) is 1.41. The van der Waals surface area contributed by atoms with Gasteiger partial charge in [-0.25, -0.2) is 0 Å². The van der Waals surface area contributed by atoms with E-state index < -0.39 is 5.54 Å². The lowest BCUT2D eigenvalue weighted by molar-refractivity contribution is -0.126. The van der Waals surface area contributed by atoms with Crippen LogP contribution < -0.4 is 10.6 Å². The molecule has 2 N–H and O–H groups in total. The normalized spacial score (nSPS) is 19.6. The van der Waals surface area contributed by atoms with Gasteiger partial charge in [0.1, 0.15) is 0 Å². The van der Waals surface area contributed by atoms with E-state index in [9.17, 15) is 4.79 Å². The first-order valence-corrected chi connectivity index (χ1v) is 7.54. The average molecular weight is 342 g/mol. The van der Waals surface area contributed by atoms with Gasteiger partial charge in [-0.15, -0.1) is 24.8 Å². The molecule has 1 aliphatic rings. The average Bonchev–Trinajstić information content (AvgIpc) is 2.35. The molecule has 0 radical (unpaired) electrons. The molecule has 1 aliphatic heterocycles. The third-order valence-corrected chi connectivity index (χ3v) is 3.97. The smallest absolute Gasteiger partial charge is 0.239 e. The van der Waals surface area contributed by atoms with Crippen molar-refractivity contribution in [1.82, 2.24) is 15.5 Å². The number of halogens is 2. The minimum atomic E-state index is -0.480. The third kappa shape index (κ3) is 8.24. The summed E-state index contributed by atoms with van der Waals surface area (Å²) in [6.07, 6.45) is 2.48. The molecule has 0 aliphatic carbocycles. The molecule has 6 heteroatoms. The number of nitrogens with zero attached hydrogens (tertiary/aromatic N) is 1. The Morgan fingerprint density at radius 1 is 1.33 bits per heavy atom. The molecule has 0 bridgehead atoms. The molecule has 1 atom stereocenters. The number of hydrogen-bond donors (Lipinski definition) is 2. The summed E-state index contributed by atoms with van der Waals surface area (Å²) < 4.78 is 0. The zero-order valence-electron chi connectivity index (χ0n) is 14.1. The van der Waals surface area contributed by atoms with Crippen LogP contribution in [0.3, 0.4) is 0 Å². The third-order valence-electron chi connectivity index (χ3n) is 3.97. The predicted molar refractivity (Wildman–Crippen MR) is 94.6 cm³/mol. The maximum absolute atomic E-state index is 12.0. The van der Waals surface area contributed by atoms with E-state index in [4.69, 9.17) is 0 Å². The van der Waals surface area contributed by atoms with E-state index in [0.717, 1.165) is 19.0 Å². The Hall–Kier alpha value is -0.0300. The molecular weight excluding hydrogens is 309 g/mol. The quantitative estimate of drug-likeness (QED) is 0.779. The highest BCUT2D eigenvalue weighted by molar-refractivity contribution is 5.86. The zero-order valence-corrected chi connectivity index (χ0v) is 15.7. The van der Waals surface area contributed by atoms with Crippen LogP contribution in [0.1, 0.15) is 40.5 Å². The molecule has 0 spiro atoms. The molecule has 21 heavy (non-hydrogen) atoms. The van der Waals surface area contributed by atoms with Gasteiger partial charge < -0.3 is 15.5 Å². The van der Waals surface area contributed by atoms with Gasteiger partial charge in [0.2, 0.25) is 5.91 Å². The number of piperidine rings is 1. The maximum atomic E-state index is 12.0. The fraction of sp³-hybridized carbons (Fsp3) is 0.933. The molecule has 128 valence electrons. The molecule has 1 amide bonds. The SMILES string of the molecule is CNC(C)(C)C(=O)NCC1CCCN(CC(C)C)C1.Cl.Cl. The first kappa shape index (κ1) is 23.2. The molecule has 1 heterocycles. The van der Waals surface area contributed by atoms with Crippen molar-refractivity contribution in [2.45, 2.75) is 46.1 Å². The molecule has 1 saturated heterocycles. The number of hydrogen-bond acceptors (Lipinski definition) is 3. The summed E-state index contributed by atoms with van der Waals surface area (Å²) in [5, 5.41) is 6.13. The van der Waals surface area contributed by atoms with Crippen LogP contribution in [0.2, 0.25) is 0 Å². The Bertz CT molecular complexity index is 299. The van der Waals surface area contributed by atoms with Gasteiger partial charge in [-0.05, 0) is 52.1 Å². The number of carbonyl (C=O) groups is 1. The molecule has 1 fully saturated rings. The Morgan fingerprint density at radius 2 is 1.95 bits per heavy atom. The summed E-state index contributed by atoms with van der Waals surface area (Å²) in [5.41, 5.74) is -0.480. The lowest BCUT2D eigenvalue weighted by atomic mass is 9.96. The van der Waals surface area contributed by atoms with Crippen LogP contribution in [-0.4, -0.2) is 49.6 Å². The number of likely N-dealkylation sites (tertiary alicyclic amines) is 1. The predicted octanol–water partition coefficient (Wildman–Crippen LogP) is 2.31. The summed E-state index contributed by atoms with van der Waals surface area (Å²) in [6, 6.07) is 0. The van der Waals surface area contributed by atoms with Gasteiger partial charge in [-0.3, -0.25) is 4.79 Å². The van der Waals surface area contributed by atoms with Gasteiger partial charge in [0, 0.05) is 19.6 Å². The van der Waals surface area contributed by atoms with E-state index in [0.29, 0.717) is 5.92 Å². The van der Waals surface area contributed by atoms with Crippen LogP contribution in [0, 0.1) is 11.8 Å². The molecule has 0 saturated carbocycles. The van der Waals surface area contributed by atoms with E-state index in [2.05, 4.69) is 29.4 Å². The van der Waals surface area contributed by atoms with Crippen LogP contribution in [0.5, 0.6) is 0 Å². The lowest BCUT2D eigenvalue weighted by Crippen LogP contribution is -2.52. The second kappa shape index (κ2) is 10.7. The van der Waals surface area contributed by atoms with Gasteiger partial charge in [0.25, 0.3) is 0 Å². The van der Waals surface area contributed by atoms with Gasteiger partial charge in [-0.2, -0.15) is 0 Å². The molecule has 1 rings (SSSR count). The summed E-state index contributed by atoms with van der Waals surface area (Å²) >= 11 is 0. The second-order valence-corrected chi connectivity index (χ2v) is 6.75. The van der Waals surface area contributed by atoms with Crippen LogP contribution in [0.4, 0.5) is 0 Å². The lowest BCUT2D eigenvalue weighted by Gasteiger charge is -2.34. The standard InChI is InChI=1S/C15H31N3O.2ClH/c1-12(2)10-18-8-6-7-13(11-18)9-17-14(19)15(3,4)16-5;;/h12-13,16H,6-11H2,1-5H3,(H,17,19);2*1H. The number of likely N-dealkylation sites (N-methyl/N-ethyl adjacent to an activating group) is 1. The van der Waals surface area contributed by atoms with Crippen molar-refractivity contribution in [3.05, 3.63) is 0 Å². The molecule has 0 aromatic heterocycles. The highest BCUT2D eigenvalue weighted by atomic mass is 35.5. The van der Waals surface area contributed by atoms with Crippen molar-refractivity contribution < 1.29 is 4.79 Å². The zero-order chi connectivity index (χ0) is 14.5. The summed E-state index contributed by atoms with van der Waals surface area (Å²) in [4.78, 5) is 14.5. The molecule has 0 aromatic carbocycles. The van der Waals surface area contributed by atoms with Crippen molar-refractivity contribution >= 4 is 30.7 Å². The van der Waals surface area contributed by atoms with E-state index in [-0.39, 0.29) is 30.7 Å². The summed E-state index contributed by atoms with van der Waals surface area (Å²) in [6.45, 7) is 12.7. The first-order valence-electron chi connectivity index (χ1n) is 7.54. The molecule has 0 aromatic rings. The van der Waals surface area contributed by atoms with Gasteiger partial charge in [0.05, 0.1) is 5.54 Å². The van der Waals surface area contributed by atoms with Gasteiger partial charge in [0.15, 0.2) is 0 Å². The number of rotatable bonds is 6. The van der Waals surface area contributed by atoms with Crippen molar-refractivity contribution in [2.24, 2.45) is 11.8 Å². The highest BCUT2D eigenvalue weighted by Gasteiger charge is 2.26. The number of amides is 1. The highest BCUT2D eigenvalue weighted by Crippen LogP contribution is 2.17. The Balaban J connectivity index is 0. The van der Waals surface area contributed by atoms with Crippen LogP contribution in [0.25, 0.3) is 0 Å². The largest absolute Gasteiger partial charge is 0.354 e. The van der Waals surface area contributed by atoms with Crippen LogP contribution in [0.15, 0.2) is 0 Å². The maximum Gasteiger partial charge on any atom is 0.239 e. The van der Waals surface area contributed by atoms with Crippen LogP contribution >= 0.6 is 24.8 Å². The topological polar surface area (TPSA) is 44.4 Å². The van der Waals surface area contributed by atoms with Gasteiger partial charge >= 0.3 is 0 Å².